The fourth-order valence-electron chi connectivity index (χ4n) is 4.85. The summed E-state index contributed by atoms with van der Waals surface area (Å²) in [5.74, 6) is -0.845. The Labute approximate surface area is 190 Å². The molecule has 0 unspecified atom stereocenters. The van der Waals surface area contributed by atoms with Crippen LogP contribution in [0.2, 0.25) is 0 Å². The quantitative estimate of drug-likeness (QED) is 0.467. The maximum absolute atomic E-state index is 13.7. The molecule has 2 atom stereocenters. The van der Waals surface area contributed by atoms with Crippen LogP contribution in [-0.2, 0) is 25.7 Å². The highest BCUT2D eigenvalue weighted by molar-refractivity contribution is 5.98. The number of rotatable bonds is 9. The van der Waals surface area contributed by atoms with Gasteiger partial charge in [0.25, 0.3) is 0 Å². The molecule has 0 bridgehead atoms. The minimum Gasteiger partial charge on any atom is -0.497 e. The highest BCUT2D eigenvalue weighted by Gasteiger charge is 2.61. The zero-order valence-corrected chi connectivity index (χ0v) is 19.3. The summed E-state index contributed by atoms with van der Waals surface area (Å²) in [6.45, 7) is 2.96. The number of allylic oxidation sites excluding steroid dienone is 1. The summed E-state index contributed by atoms with van der Waals surface area (Å²) in [5.41, 5.74) is 0.502. The number of benzene rings is 1. The second kappa shape index (κ2) is 10.7. The Morgan fingerprint density at radius 2 is 1.94 bits per heavy atom. The third-order valence-electron chi connectivity index (χ3n) is 6.56. The molecule has 1 aliphatic carbocycles. The largest absolute Gasteiger partial charge is 0.497 e. The van der Waals surface area contributed by atoms with E-state index in [-0.39, 0.29) is 18.2 Å². The molecule has 0 aromatic heterocycles. The molecule has 3 rings (SSSR count). The molecule has 2 amide bonds. The van der Waals surface area contributed by atoms with Crippen molar-refractivity contribution in [3.05, 3.63) is 41.6 Å². The van der Waals surface area contributed by atoms with E-state index in [1.165, 1.54) is 7.11 Å². The van der Waals surface area contributed by atoms with Crippen LogP contribution in [0.1, 0.15) is 57.4 Å². The average Bonchev–Trinajstić information content (AvgIpc) is 2.94. The Morgan fingerprint density at radius 1 is 1.19 bits per heavy atom. The van der Waals surface area contributed by atoms with Gasteiger partial charge in [0, 0.05) is 18.7 Å². The van der Waals surface area contributed by atoms with E-state index in [4.69, 9.17) is 9.47 Å². The van der Waals surface area contributed by atoms with E-state index in [9.17, 15) is 14.4 Å². The molecule has 1 saturated heterocycles. The van der Waals surface area contributed by atoms with Gasteiger partial charge in [-0.3, -0.25) is 14.4 Å². The molecule has 1 fully saturated rings. The van der Waals surface area contributed by atoms with Crippen molar-refractivity contribution >= 4 is 17.8 Å². The molecule has 0 saturated carbocycles. The summed E-state index contributed by atoms with van der Waals surface area (Å²) in [6.07, 6.45) is 6.85. The Kier molecular flexibility index (Phi) is 7.94. The summed E-state index contributed by atoms with van der Waals surface area (Å²) in [5, 5.41) is 2.90. The molecule has 32 heavy (non-hydrogen) atoms. The third-order valence-corrected chi connectivity index (χ3v) is 6.56. The molecule has 174 valence electrons. The second-order valence-electron chi connectivity index (χ2n) is 8.53. The number of nitrogens with zero attached hydrogens (tertiary/aromatic N) is 1. The molecular weight excluding hydrogens is 408 g/mol. The number of hydrogen-bond acceptors (Lipinski definition) is 5. The van der Waals surface area contributed by atoms with Crippen LogP contribution in [0.25, 0.3) is 0 Å². The number of carbonyl (C=O) groups excluding carboxylic acids is 3. The Hall–Kier alpha value is -2.83. The van der Waals surface area contributed by atoms with E-state index in [1.54, 1.807) is 12.0 Å². The van der Waals surface area contributed by atoms with Gasteiger partial charge in [-0.15, -0.1) is 0 Å². The Balaban J connectivity index is 1.95. The second-order valence-corrected chi connectivity index (χ2v) is 8.53. The first-order chi connectivity index (χ1) is 15.5. The smallest absolute Gasteiger partial charge is 0.318 e. The van der Waals surface area contributed by atoms with Crippen LogP contribution < -0.4 is 10.1 Å². The van der Waals surface area contributed by atoms with Crippen LogP contribution >= 0.6 is 0 Å². The highest BCUT2D eigenvalue weighted by Crippen LogP contribution is 2.53. The first-order valence-electron chi connectivity index (χ1n) is 11.5. The van der Waals surface area contributed by atoms with E-state index in [1.807, 2.05) is 30.3 Å². The normalized spacial score (nSPS) is 22.6. The van der Waals surface area contributed by atoms with Crippen molar-refractivity contribution in [2.24, 2.45) is 11.3 Å². The molecule has 0 radical (unpaired) electrons. The van der Waals surface area contributed by atoms with Gasteiger partial charge in [0.1, 0.15) is 11.2 Å². The van der Waals surface area contributed by atoms with Gasteiger partial charge in [-0.25, -0.2) is 0 Å². The van der Waals surface area contributed by atoms with E-state index in [0.717, 1.165) is 43.4 Å². The summed E-state index contributed by atoms with van der Waals surface area (Å²) in [6, 6.07) is 7.52. The fraction of sp³-hybridized carbons (Fsp3) is 0.560. The zero-order chi connectivity index (χ0) is 23.1. The van der Waals surface area contributed by atoms with E-state index >= 15 is 0 Å². The van der Waals surface area contributed by atoms with Gasteiger partial charge >= 0.3 is 5.97 Å². The van der Waals surface area contributed by atoms with E-state index in [2.05, 4.69) is 12.2 Å². The number of carbonyl (C=O) groups is 3. The predicted octanol–water partition coefficient (Wildman–Crippen LogP) is 3.58. The van der Waals surface area contributed by atoms with Gasteiger partial charge in [-0.05, 0) is 43.4 Å². The van der Waals surface area contributed by atoms with Gasteiger partial charge in [0.05, 0.1) is 26.7 Å². The molecule has 1 aromatic carbocycles. The lowest BCUT2D eigenvalue weighted by atomic mass is 9.71. The van der Waals surface area contributed by atoms with Crippen LogP contribution in [0.5, 0.6) is 5.75 Å². The third kappa shape index (κ3) is 4.66. The standard InChI is InChI=1S/C25H34N2O5/c1-4-5-15-26-22(28)16-20-23(29)27(17-18-10-12-19(31-2)13-11-18)21-9-7-6-8-14-25(20,21)24(30)32-3/h9-13,20H,4-8,14-17H2,1-3H3,(H,26,28)/t20-,25-/m0/s1. The Bertz CT molecular complexity index is 864. The molecule has 1 N–H and O–H groups in total. The lowest BCUT2D eigenvalue weighted by Crippen LogP contribution is -2.41. The van der Waals surface area contributed by atoms with Crippen molar-refractivity contribution in [2.75, 3.05) is 20.8 Å². The van der Waals surface area contributed by atoms with Gasteiger partial charge in [-0.1, -0.05) is 38.0 Å². The molecular formula is C25H34N2O5. The maximum Gasteiger partial charge on any atom is 0.318 e. The molecule has 7 heteroatoms. The van der Waals surface area contributed by atoms with Gasteiger partial charge in [-0.2, -0.15) is 0 Å². The van der Waals surface area contributed by atoms with Gasteiger partial charge in [0.15, 0.2) is 0 Å². The van der Waals surface area contributed by atoms with Crippen molar-refractivity contribution in [2.45, 2.75) is 58.4 Å². The first kappa shape index (κ1) is 23.8. The van der Waals surface area contributed by atoms with Crippen LogP contribution in [0.4, 0.5) is 0 Å². The van der Waals surface area contributed by atoms with Crippen LogP contribution in [0.15, 0.2) is 36.0 Å². The number of ether oxygens (including phenoxy) is 2. The number of fused-ring (bicyclic) bond motifs is 1. The minimum atomic E-state index is -1.11. The maximum atomic E-state index is 13.7. The summed E-state index contributed by atoms with van der Waals surface area (Å²) >= 11 is 0. The number of unbranched alkanes of at least 4 members (excludes halogenated alkanes) is 1. The van der Waals surface area contributed by atoms with E-state index in [0.29, 0.717) is 25.2 Å². The van der Waals surface area contributed by atoms with Crippen molar-refractivity contribution in [3.63, 3.8) is 0 Å². The fourth-order valence-corrected chi connectivity index (χ4v) is 4.85. The van der Waals surface area contributed by atoms with Gasteiger partial charge in [0.2, 0.25) is 11.8 Å². The Morgan fingerprint density at radius 3 is 2.59 bits per heavy atom. The van der Waals surface area contributed by atoms with Crippen molar-refractivity contribution in [1.82, 2.24) is 10.2 Å². The molecule has 0 spiro atoms. The number of methoxy groups -OCH3 is 2. The van der Waals surface area contributed by atoms with E-state index < -0.39 is 17.3 Å². The summed E-state index contributed by atoms with van der Waals surface area (Å²) < 4.78 is 10.5. The molecule has 1 aromatic rings. The highest BCUT2D eigenvalue weighted by atomic mass is 16.5. The average molecular weight is 443 g/mol. The SMILES string of the molecule is CCCCNC(=O)C[C@H]1C(=O)N(Cc2ccc(OC)cc2)C2=CCCCC[C@@]21C(=O)OC. The molecule has 1 aliphatic heterocycles. The summed E-state index contributed by atoms with van der Waals surface area (Å²) in [4.78, 5) is 41.3. The predicted molar refractivity (Wildman–Crippen MR) is 121 cm³/mol. The van der Waals surface area contributed by atoms with Crippen molar-refractivity contribution in [3.8, 4) is 5.75 Å². The van der Waals surface area contributed by atoms with Crippen molar-refractivity contribution in [1.29, 1.82) is 0 Å². The van der Waals surface area contributed by atoms with Gasteiger partial charge < -0.3 is 19.7 Å². The number of amides is 2. The number of likely N-dealkylation sites (tertiary alicyclic amines) is 1. The zero-order valence-electron chi connectivity index (χ0n) is 19.3. The monoisotopic (exact) mass is 442 g/mol. The molecule has 7 nitrogen and oxygen atoms in total. The van der Waals surface area contributed by atoms with Crippen LogP contribution in [0.3, 0.4) is 0 Å². The lowest BCUT2D eigenvalue weighted by Gasteiger charge is -2.31. The minimum absolute atomic E-state index is 0.0197. The number of esters is 1. The van der Waals surface area contributed by atoms with Crippen LogP contribution in [0, 0.1) is 11.3 Å². The number of nitrogens with one attached hydrogen (secondary N) is 1. The lowest BCUT2D eigenvalue weighted by molar-refractivity contribution is -0.155. The topological polar surface area (TPSA) is 84.9 Å². The first-order valence-corrected chi connectivity index (χ1v) is 11.5. The summed E-state index contributed by atoms with van der Waals surface area (Å²) in [7, 11) is 2.96. The molecule has 2 aliphatic rings. The van der Waals surface area contributed by atoms with Crippen molar-refractivity contribution < 1.29 is 23.9 Å². The molecule has 1 heterocycles. The number of hydrogen-bond donors (Lipinski definition) is 1. The van der Waals surface area contributed by atoms with Crippen LogP contribution in [-0.4, -0.2) is 43.4 Å².